The molecule has 0 bridgehead atoms. The number of aryl methyl sites for hydroxylation is 2. The standard InChI is InChI=1S/C23H26N2O5S/c1-14-6-3-4-9-18(14)21(20-15(2)29-13-24-20)30-17-8-5-7-16(12-17)28-11-10-19-22(26)25-23(27)31-19/h3-4,6,9-10,13,16-17,21H,5,7-8,11-12H2,1-2H3,(H,25,26,27). The van der Waals surface area contributed by atoms with Crippen molar-refractivity contribution in [2.45, 2.75) is 57.8 Å². The third-order valence-electron chi connectivity index (χ3n) is 5.65. The molecule has 31 heavy (non-hydrogen) atoms. The van der Waals surface area contributed by atoms with Gasteiger partial charge in [0.15, 0.2) is 6.39 Å². The molecule has 1 aromatic carbocycles. The maximum Gasteiger partial charge on any atom is 0.290 e. The molecule has 1 saturated carbocycles. The van der Waals surface area contributed by atoms with E-state index in [4.69, 9.17) is 13.9 Å². The predicted octanol–water partition coefficient (Wildman–Crippen LogP) is 4.59. The van der Waals surface area contributed by atoms with Crippen LogP contribution in [0.3, 0.4) is 0 Å². The van der Waals surface area contributed by atoms with E-state index in [0.29, 0.717) is 11.5 Å². The van der Waals surface area contributed by atoms with Crippen LogP contribution in [0.4, 0.5) is 4.79 Å². The molecule has 1 aliphatic carbocycles. The monoisotopic (exact) mass is 442 g/mol. The summed E-state index contributed by atoms with van der Waals surface area (Å²) in [6.07, 6.45) is 6.56. The fourth-order valence-corrected chi connectivity index (χ4v) is 4.66. The van der Waals surface area contributed by atoms with Crippen molar-refractivity contribution in [3.63, 3.8) is 0 Å². The second-order valence-electron chi connectivity index (χ2n) is 7.82. The van der Waals surface area contributed by atoms with Gasteiger partial charge in [0.25, 0.3) is 11.1 Å². The van der Waals surface area contributed by atoms with Gasteiger partial charge < -0.3 is 13.9 Å². The van der Waals surface area contributed by atoms with Crippen molar-refractivity contribution in [2.24, 2.45) is 0 Å². The zero-order valence-electron chi connectivity index (χ0n) is 17.6. The van der Waals surface area contributed by atoms with Crippen LogP contribution < -0.4 is 5.32 Å². The van der Waals surface area contributed by atoms with E-state index in [1.807, 2.05) is 19.1 Å². The van der Waals surface area contributed by atoms with E-state index in [1.54, 1.807) is 6.08 Å². The van der Waals surface area contributed by atoms with Crippen molar-refractivity contribution < 1.29 is 23.5 Å². The molecule has 1 N–H and O–H groups in total. The zero-order chi connectivity index (χ0) is 21.8. The SMILES string of the molecule is Cc1ccccc1C(OC1CCCC(OCC=C2SC(=O)NC2=O)C1)c1ncoc1C. The van der Waals surface area contributed by atoms with E-state index < -0.39 is 0 Å². The number of carbonyl (C=O) groups excluding carboxylic acids is 2. The smallest absolute Gasteiger partial charge is 0.290 e. The molecule has 7 nitrogen and oxygen atoms in total. The van der Waals surface area contributed by atoms with E-state index >= 15 is 0 Å². The van der Waals surface area contributed by atoms with Gasteiger partial charge in [0, 0.05) is 0 Å². The molecule has 8 heteroatoms. The van der Waals surface area contributed by atoms with Gasteiger partial charge in [0.05, 0.1) is 23.7 Å². The van der Waals surface area contributed by atoms with Crippen LogP contribution in [0, 0.1) is 13.8 Å². The number of benzene rings is 1. The summed E-state index contributed by atoms with van der Waals surface area (Å²) < 4.78 is 18.0. The molecule has 0 radical (unpaired) electrons. The number of nitrogens with zero attached hydrogens (tertiary/aromatic N) is 1. The number of aromatic nitrogens is 1. The number of hydrogen-bond acceptors (Lipinski definition) is 7. The molecule has 1 aromatic heterocycles. The van der Waals surface area contributed by atoms with Crippen LogP contribution in [-0.2, 0) is 14.3 Å². The van der Waals surface area contributed by atoms with Crippen LogP contribution >= 0.6 is 11.8 Å². The molecule has 3 unspecified atom stereocenters. The first-order valence-electron chi connectivity index (χ1n) is 10.5. The van der Waals surface area contributed by atoms with Crippen LogP contribution in [0.15, 0.2) is 46.1 Å². The van der Waals surface area contributed by atoms with Crippen molar-refractivity contribution in [1.29, 1.82) is 0 Å². The van der Waals surface area contributed by atoms with E-state index in [2.05, 4.69) is 29.4 Å². The van der Waals surface area contributed by atoms with E-state index in [0.717, 1.165) is 60.0 Å². The summed E-state index contributed by atoms with van der Waals surface area (Å²) in [4.78, 5) is 27.7. The molecule has 164 valence electrons. The normalized spacial score (nSPS) is 23.9. The molecule has 0 spiro atoms. The summed E-state index contributed by atoms with van der Waals surface area (Å²) in [6.45, 7) is 4.27. The van der Waals surface area contributed by atoms with Gasteiger partial charge in [-0.05, 0) is 68.5 Å². The van der Waals surface area contributed by atoms with Crippen molar-refractivity contribution in [3.05, 3.63) is 64.2 Å². The Bertz CT molecular complexity index is 986. The Morgan fingerprint density at radius 1 is 1.26 bits per heavy atom. The number of rotatable bonds is 7. The Hall–Kier alpha value is -2.42. The van der Waals surface area contributed by atoms with Crippen molar-refractivity contribution in [1.82, 2.24) is 10.3 Å². The third-order valence-corrected chi connectivity index (χ3v) is 6.51. The molecule has 1 saturated heterocycles. The summed E-state index contributed by atoms with van der Waals surface area (Å²) in [5, 5.41) is 1.91. The molecule has 2 aliphatic rings. The number of carbonyl (C=O) groups is 2. The van der Waals surface area contributed by atoms with Crippen LogP contribution in [0.5, 0.6) is 0 Å². The van der Waals surface area contributed by atoms with Gasteiger partial charge >= 0.3 is 0 Å². The van der Waals surface area contributed by atoms with Gasteiger partial charge in [-0.2, -0.15) is 0 Å². The third kappa shape index (κ3) is 5.26. The molecular formula is C23H26N2O5S. The Morgan fingerprint density at radius 2 is 2.06 bits per heavy atom. The maximum absolute atomic E-state index is 11.6. The minimum atomic E-state index is -0.354. The van der Waals surface area contributed by atoms with E-state index in [9.17, 15) is 9.59 Å². The van der Waals surface area contributed by atoms with Gasteiger partial charge in [0.2, 0.25) is 0 Å². The lowest BCUT2D eigenvalue weighted by atomic mass is 9.93. The summed E-state index contributed by atoms with van der Waals surface area (Å²) in [5.74, 6) is 0.401. The lowest BCUT2D eigenvalue weighted by molar-refractivity contribution is -0.115. The number of nitrogens with one attached hydrogen (secondary N) is 1. The summed E-state index contributed by atoms with van der Waals surface area (Å²) in [6, 6.07) is 8.17. The minimum absolute atomic E-state index is 0.0258. The highest BCUT2D eigenvalue weighted by molar-refractivity contribution is 8.18. The first kappa shape index (κ1) is 21.8. The summed E-state index contributed by atoms with van der Waals surface area (Å²) >= 11 is 0.909. The first-order chi connectivity index (χ1) is 15.0. The minimum Gasteiger partial charge on any atom is -0.448 e. The summed E-state index contributed by atoms with van der Waals surface area (Å²) in [5.41, 5.74) is 3.03. The highest BCUT2D eigenvalue weighted by Gasteiger charge is 2.30. The van der Waals surface area contributed by atoms with E-state index in [-0.39, 0.29) is 29.5 Å². The number of amides is 2. The second kappa shape index (κ2) is 9.80. The Labute approximate surface area is 185 Å². The highest BCUT2D eigenvalue weighted by atomic mass is 32.2. The largest absolute Gasteiger partial charge is 0.448 e. The highest BCUT2D eigenvalue weighted by Crippen LogP contribution is 2.34. The number of hydrogen-bond donors (Lipinski definition) is 1. The average Bonchev–Trinajstić information content (AvgIpc) is 3.31. The molecule has 2 heterocycles. The predicted molar refractivity (Wildman–Crippen MR) is 117 cm³/mol. The lowest BCUT2D eigenvalue weighted by Crippen LogP contribution is -2.30. The molecule has 1 aliphatic heterocycles. The number of thioether (sulfide) groups is 1. The quantitative estimate of drug-likeness (QED) is 0.627. The van der Waals surface area contributed by atoms with Crippen LogP contribution in [0.2, 0.25) is 0 Å². The molecule has 2 aromatic rings. The number of oxazole rings is 1. The fraction of sp³-hybridized carbons (Fsp3) is 0.435. The van der Waals surface area contributed by atoms with Gasteiger partial charge in [-0.25, -0.2) is 4.98 Å². The van der Waals surface area contributed by atoms with Gasteiger partial charge in [-0.3, -0.25) is 14.9 Å². The Morgan fingerprint density at radius 3 is 2.77 bits per heavy atom. The molecular weight excluding hydrogens is 416 g/mol. The molecule has 2 fully saturated rings. The summed E-state index contributed by atoms with van der Waals surface area (Å²) in [7, 11) is 0. The van der Waals surface area contributed by atoms with Crippen LogP contribution in [-0.4, -0.2) is 34.9 Å². The topological polar surface area (TPSA) is 90.7 Å². The second-order valence-corrected chi connectivity index (χ2v) is 8.84. The van der Waals surface area contributed by atoms with Crippen molar-refractivity contribution in [3.8, 4) is 0 Å². The molecule has 4 rings (SSSR count). The van der Waals surface area contributed by atoms with Crippen molar-refractivity contribution in [2.75, 3.05) is 6.61 Å². The first-order valence-corrected chi connectivity index (χ1v) is 11.3. The zero-order valence-corrected chi connectivity index (χ0v) is 18.4. The molecule has 3 atom stereocenters. The van der Waals surface area contributed by atoms with Crippen LogP contribution in [0.25, 0.3) is 0 Å². The van der Waals surface area contributed by atoms with Gasteiger partial charge in [-0.1, -0.05) is 24.3 Å². The maximum atomic E-state index is 11.6. The molecule has 2 amide bonds. The van der Waals surface area contributed by atoms with E-state index in [1.165, 1.54) is 6.39 Å². The van der Waals surface area contributed by atoms with Gasteiger partial charge in [0.1, 0.15) is 17.6 Å². The Balaban J connectivity index is 1.41. The fourth-order valence-electron chi connectivity index (χ4n) is 4.02. The van der Waals surface area contributed by atoms with Crippen molar-refractivity contribution >= 4 is 22.9 Å². The number of imide groups is 1. The average molecular weight is 443 g/mol. The number of ether oxygens (including phenoxy) is 2. The van der Waals surface area contributed by atoms with Gasteiger partial charge in [-0.15, -0.1) is 0 Å². The lowest BCUT2D eigenvalue weighted by Gasteiger charge is -2.32. The van der Waals surface area contributed by atoms with Crippen LogP contribution in [0.1, 0.15) is 54.4 Å². The Kier molecular flexibility index (Phi) is 6.89.